The van der Waals surface area contributed by atoms with Crippen molar-refractivity contribution >= 4 is 29.2 Å². The van der Waals surface area contributed by atoms with Crippen LogP contribution in [0, 0.1) is 0 Å². The maximum Gasteiger partial charge on any atom is 0.347 e. The van der Waals surface area contributed by atoms with Crippen LogP contribution < -0.4 is 10.6 Å². The lowest BCUT2D eigenvalue weighted by atomic mass is 10.2. The van der Waals surface area contributed by atoms with Gasteiger partial charge in [0.25, 0.3) is 0 Å². The Morgan fingerprint density at radius 1 is 0.957 bits per heavy atom. The molecule has 0 aromatic heterocycles. The molecule has 124 valence electrons. The number of esters is 2. The summed E-state index contributed by atoms with van der Waals surface area (Å²) in [6.45, 7) is 5.02. The predicted octanol–water partition coefficient (Wildman–Crippen LogP) is 2.07. The second kappa shape index (κ2) is 9.24. The Kier molecular flexibility index (Phi) is 7.32. The number of carbonyl (C=O) groups is 3. The maximum atomic E-state index is 11.8. The first kappa shape index (κ1) is 18.2. The number of rotatable bonds is 7. The molecule has 0 aliphatic heterocycles. The molecule has 0 saturated heterocycles. The third kappa shape index (κ3) is 6.21. The van der Waals surface area contributed by atoms with Gasteiger partial charge in [-0.1, -0.05) is 0 Å². The molecule has 7 nitrogen and oxygen atoms in total. The van der Waals surface area contributed by atoms with E-state index in [-0.39, 0.29) is 24.7 Å². The van der Waals surface area contributed by atoms with Crippen molar-refractivity contribution in [1.82, 2.24) is 0 Å². The molecule has 0 saturated carbocycles. The van der Waals surface area contributed by atoms with Gasteiger partial charge in [0.15, 0.2) is 5.57 Å². The van der Waals surface area contributed by atoms with Crippen molar-refractivity contribution in [1.29, 1.82) is 0 Å². The van der Waals surface area contributed by atoms with Crippen LogP contribution in [0.4, 0.5) is 11.4 Å². The van der Waals surface area contributed by atoms with E-state index in [0.29, 0.717) is 11.4 Å². The third-order valence-electron chi connectivity index (χ3n) is 2.58. The average molecular weight is 320 g/mol. The number of ether oxygens (including phenoxy) is 2. The molecule has 1 aromatic carbocycles. The van der Waals surface area contributed by atoms with E-state index >= 15 is 0 Å². The van der Waals surface area contributed by atoms with Gasteiger partial charge >= 0.3 is 11.9 Å². The second-order valence-electron chi connectivity index (χ2n) is 4.40. The Morgan fingerprint density at radius 2 is 1.43 bits per heavy atom. The van der Waals surface area contributed by atoms with Gasteiger partial charge in [0, 0.05) is 24.5 Å². The molecule has 0 unspecified atom stereocenters. The van der Waals surface area contributed by atoms with Crippen LogP contribution in [0.25, 0.3) is 0 Å². The van der Waals surface area contributed by atoms with E-state index in [1.54, 1.807) is 38.1 Å². The topological polar surface area (TPSA) is 93.7 Å². The van der Waals surface area contributed by atoms with Crippen molar-refractivity contribution in [2.75, 3.05) is 23.8 Å². The molecule has 1 aromatic rings. The highest BCUT2D eigenvalue weighted by atomic mass is 16.6. The molecule has 0 spiro atoms. The smallest absolute Gasteiger partial charge is 0.347 e. The van der Waals surface area contributed by atoms with Gasteiger partial charge in [-0.25, -0.2) is 9.59 Å². The standard InChI is InChI=1S/C16H20N2O5/c1-4-22-15(20)14(16(21)23-5-2)10-17-12-6-8-13(9-7-12)18-11(3)19/h6-10,17H,4-5H2,1-3H3,(H,18,19). The van der Waals surface area contributed by atoms with Crippen molar-refractivity contribution in [3.05, 3.63) is 36.0 Å². The Balaban J connectivity index is 2.84. The number of benzene rings is 1. The highest BCUT2D eigenvalue weighted by Gasteiger charge is 2.20. The van der Waals surface area contributed by atoms with E-state index in [2.05, 4.69) is 10.6 Å². The van der Waals surface area contributed by atoms with E-state index in [4.69, 9.17) is 9.47 Å². The van der Waals surface area contributed by atoms with Gasteiger partial charge in [0.05, 0.1) is 13.2 Å². The zero-order valence-corrected chi connectivity index (χ0v) is 13.3. The summed E-state index contributed by atoms with van der Waals surface area (Å²) in [5.74, 6) is -1.68. The summed E-state index contributed by atoms with van der Waals surface area (Å²) in [6, 6.07) is 6.75. The fourth-order valence-corrected chi connectivity index (χ4v) is 1.63. The molecule has 0 aliphatic carbocycles. The van der Waals surface area contributed by atoms with Crippen LogP contribution in [0.3, 0.4) is 0 Å². The van der Waals surface area contributed by atoms with Crippen LogP contribution in [-0.4, -0.2) is 31.1 Å². The van der Waals surface area contributed by atoms with Crippen LogP contribution in [0.2, 0.25) is 0 Å². The number of amides is 1. The summed E-state index contributed by atoms with van der Waals surface area (Å²) in [7, 11) is 0. The Hall–Kier alpha value is -2.83. The van der Waals surface area contributed by atoms with Gasteiger partial charge in [-0.2, -0.15) is 0 Å². The number of nitrogens with one attached hydrogen (secondary N) is 2. The van der Waals surface area contributed by atoms with E-state index in [9.17, 15) is 14.4 Å². The van der Waals surface area contributed by atoms with E-state index in [1.807, 2.05) is 0 Å². The lowest BCUT2D eigenvalue weighted by Crippen LogP contribution is -2.19. The minimum atomic E-state index is -0.756. The summed E-state index contributed by atoms with van der Waals surface area (Å²) in [5, 5.41) is 5.46. The van der Waals surface area contributed by atoms with Gasteiger partial charge < -0.3 is 20.1 Å². The van der Waals surface area contributed by atoms with E-state index < -0.39 is 11.9 Å². The summed E-state index contributed by atoms with van der Waals surface area (Å²) in [4.78, 5) is 34.5. The fraction of sp³-hybridized carbons (Fsp3) is 0.312. The van der Waals surface area contributed by atoms with Crippen molar-refractivity contribution in [3.63, 3.8) is 0 Å². The van der Waals surface area contributed by atoms with Crippen molar-refractivity contribution in [2.45, 2.75) is 20.8 Å². The molecule has 1 amide bonds. The van der Waals surface area contributed by atoms with Crippen molar-refractivity contribution in [3.8, 4) is 0 Å². The molecular weight excluding hydrogens is 300 g/mol. The van der Waals surface area contributed by atoms with E-state index in [0.717, 1.165) is 0 Å². The SMILES string of the molecule is CCOC(=O)C(=CNc1ccc(NC(C)=O)cc1)C(=O)OCC. The van der Waals surface area contributed by atoms with Gasteiger partial charge in [-0.15, -0.1) is 0 Å². The highest BCUT2D eigenvalue weighted by molar-refractivity contribution is 6.14. The first-order valence-corrected chi connectivity index (χ1v) is 7.16. The summed E-state index contributed by atoms with van der Waals surface area (Å²) >= 11 is 0. The molecule has 0 radical (unpaired) electrons. The monoisotopic (exact) mass is 320 g/mol. The number of anilines is 2. The predicted molar refractivity (Wildman–Crippen MR) is 85.7 cm³/mol. The summed E-state index contributed by atoms with van der Waals surface area (Å²) < 4.78 is 9.65. The molecule has 0 fully saturated rings. The van der Waals surface area contributed by atoms with Crippen LogP contribution >= 0.6 is 0 Å². The maximum absolute atomic E-state index is 11.8. The first-order valence-electron chi connectivity index (χ1n) is 7.16. The quantitative estimate of drug-likeness (QED) is 0.346. The zero-order chi connectivity index (χ0) is 17.2. The van der Waals surface area contributed by atoms with Crippen LogP contribution in [0.15, 0.2) is 36.0 Å². The van der Waals surface area contributed by atoms with Crippen LogP contribution in [0.5, 0.6) is 0 Å². The number of carbonyl (C=O) groups excluding carboxylic acids is 3. The summed E-state index contributed by atoms with van der Waals surface area (Å²) in [5.41, 5.74) is 1.05. The second-order valence-corrected chi connectivity index (χ2v) is 4.40. The molecular formula is C16H20N2O5. The van der Waals surface area contributed by atoms with E-state index in [1.165, 1.54) is 13.1 Å². The Bertz CT molecular complexity index is 573. The normalized spacial score (nSPS) is 9.52. The Morgan fingerprint density at radius 3 is 1.87 bits per heavy atom. The number of hydrogen-bond donors (Lipinski definition) is 2. The third-order valence-corrected chi connectivity index (χ3v) is 2.58. The van der Waals surface area contributed by atoms with Gasteiger partial charge in [-0.05, 0) is 38.1 Å². The largest absolute Gasteiger partial charge is 0.462 e. The molecule has 0 bridgehead atoms. The van der Waals surface area contributed by atoms with Gasteiger partial charge in [-0.3, -0.25) is 4.79 Å². The van der Waals surface area contributed by atoms with Crippen molar-refractivity contribution < 1.29 is 23.9 Å². The molecule has 23 heavy (non-hydrogen) atoms. The van der Waals surface area contributed by atoms with Crippen LogP contribution in [-0.2, 0) is 23.9 Å². The first-order chi connectivity index (χ1) is 11.0. The minimum absolute atomic E-state index is 0.154. The average Bonchev–Trinajstić information content (AvgIpc) is 2.49. The molecule has 0 aliphatic rings. The van der Waals surface area contributed by atoms with Crippen molar-refractivity contribution in [2.24, 2.45) is 0 Å². The highest BCUT2D eigenvalue weighted by Crippen LogP contribution is 2.14. The zero-order valence-electron chi connectivity index (χ0n) is 13.3. The molecule has 2 N–H and O–H groups in total. The lowest BCUT2D eigenvalue weighted by molar-refractivity contribution is -0.146. The molecule has 7 heteroatoms. The Labute approximate surface area is 134 Å². The molecule has 1 rings (SSSR count). The van der Waals surface area contributed by atoms with Gasteiger partial charge in [0.2, 0.25) is 5.91 Å². The molecule has 0 atom stereocenters. The lowest BCUT2D eigenvalue weighted by Gasteiger charge is -2.08. The minimum Gasteiger partial charge on any atom is -0.462 e. The van der Waals surface area contributed by atoms with Crippen LogP contribution in [0.1, 0.15) is 20.8 Å². The summed E-state index contributed by atoms with van der Waals surface area (Å²) in [6.07, 6.45) is 1.24. The number of hydrogen-bond acceptors (Lipinski definition) is 6. The molecule has 0 heterocycles. The van der Waals surface area contributed by atoms with Gasteiger partial charge in [0.1, 0.15) is 0 Å². The fourth-order valence-electron chi connectivity index (χ4n) is 1.63.